The molecule has 1 amide bonds. The monoisotopic (exact) mass is 398 g/mol. The Bertz CT molecular complexity index is 918. The Morgan fingerprint density at radius 1 is 1.24 bits per heavy atom. The molecule has 2 aromatic rings. The van der Waals surface area contributed by atoms with Crippen molar-refractivity contribution in [2.75, 3.05) is 18.0 Å². The highest BCUT2D eigenvalue weighted by atomic mass is 19.1. The van der Waals surface area contributed by atoms with E-state index in [2.05, 4.69) is 23.8 Å². The molecule has 0 radical (unpaired) electrons. The van der Waals surface area contributed by atoms with E-state index in [-0.39, 0.29) is 17.3 Å². The van der Waals surface area contributed by atoms with Crippen molar-refractivity contribution in [2.24, 2.45) is 5.92 Å². The molecule has 2 atom stereocenters. The van der Waals surface area contributed by atoms with Crippen LogP contribution in [0.25, 0.3) is 0 Å². The molecule has 2 aliphatic heterocycles. The van der Waals surface area contributed by atoms with Gasteiger partial charge in [-0.05, 0) is 77.6 Å². The first-order valence-electron chi connectivity index (χ1n) is 10.6. The van der Waals surface area contributed by atoms with Crippen LogP contribution in [0.15, 0.2) is 24.3 Å². The zero-order valence-electron chi connectivity index (χ0n) is 18.1. The molecule has 0 bridgehead atoms. The average Bonchev–Trinajstić information content (AvgIpc) is 3.12. The van der Waals surface area contributed by atoms with Crippen molar-refractivity contribution in [3.8, 4) is 0 Å². The zero-order valence-corrected chi connectivity index (χ0v) is 18.1. The van der Waals surface area contributed by atoms with E-state index in [4.69, 9.17) is 0 Å². The van der Waals surface area contributed by atoms with Crippen LogP contribution >= 0.6 is 0 Å². The molecule has 0 aliphatic carbocycles. The molecular weight excluding hydrogens is 367 g/mol. The van der Waals surface area contributed by atoms with Gasteiger partial charge in [0.05, 0.1) is 11.3 Å². The number of fused-ring (bicyclic) bond motifs is 1. The van der Waals surface area contributed by atoms with Gasteiger partial charge >= 0.3 is 0 Å². The number of carbonyl (C=O) groups excluding carboxylic acids is 1. The van der Waals surface area contributed by atoms with Crippen LogP contribution in [0.4, 0.5) is 10.1 Å². The summed E-state index contributed by atoms with van der Waals surface area (Å²) in [6, 6.07) is 7.20. The van der Waals surface area contributed by atoms with Crippen LogP contribution in [0, 0.1) is 25.6 Å². The van der Waals surface area contributed by atoms with Crippen molar-refractivity contribution in [1.82, 2.24) is 14.7 Å². The van der Waals surface area contributed by atoms with E-state index in [1.165, 1.54) is 12.1 Å². The van der Waals surface area contributed by atoms with E-state index in [0.717, 1.165) is 55.1 Å². The van der Waals surface area contributed by atoms with Gasteiger partial charge in [0.25, 0.3) is 5.91 Å². The summed E-state index contributed by atoms with van der Waals surface area (Å²) in [6.07, 6.45) is 1.95. The van der Waals surface area contributed by atoms with Crippen molar-refractivity contribution in [2.45, 2.75) is 65.6 Å². The Morgan fingerprint density at radius 2 is 1.93 bits per heavy atom. The van der Waals surface area contributed by atoms with Gasteiger partial charge in [0.2, 0.25) is 0 Å². The van der Waals surface area contributed by atoms with Crippen molar-refractivity contribution >= 4 is 11.6 Å². The largest absolute Gasteiger partial charge is 0.363 e. The number of aryl methyl sites for hydroxylation is 2. The number of hydrogen-bond acceptors (Lipinski definition) is 3. The van der Waals surface area contributed by atoms with Gasteiger partial charge < -0.3 is 9.80 Å². The number of rotatable bonds is 3. The van der Waals surface area contributed by atoms with Gasteiger partial charge in [-0.15, -0.1) is 0 Å². The maximum atomic E-state index is 13.4. The fraction of sp³-hybridized carbons (Fsp3) is 0.565. The highest BCUT2D eigenvalue weighted by Gasteiger charge is 2.48. The lowest BCUT2D eigenvalue weighted by atomic mass is 9.89. The number of aromatic nitrogens is 2. The van der Waals surface area contributed by atoms with Gasteiger partial charge in [-0.3, -0.25) is 9.48 Å². The molecule has 156 valence electrons. The van der Waals surface area contributed by atoms with Gasteiger partial charge in [0.1, 0.15) is 5.82 Å². The van der Waals surface area contributed by atoms with Gasteiger partial charge in [0.15, 0.2) is 0 Å². The van der Waals surface area contributed by atoms with Gasteiger partial charge in [0, 0.05) is 42.6 Å². The van der Waals surface area contributed by atoms with Crippen LogP contribution in [0.5, 0.6) is 0 Å². The Labute approximate surface area is 172 Å². The van der Waals surface area contributed by atoms with Crippen LogP contribution in [-0.4, -0.2) is 45.3 Å². The van der Waals surface area contributed by atoms with Gasteiger partial charge in [-0.25, -0.2) is 4.39 Å². The number of nitrogens with zero attached hydrogens (tertiary/aromatic N) is 4. The Hall–Kier alpha value is -2.37. The normalized spacial score (nSPS) is 23.4. The van der Waals surface area contributed by atoms with Crippen molar-refractivity contribution in [3.05, 3.63) is 47.0 Å². The minimum Gasteiger partial charge on any atom is -0.363 e. The standard InChI is InChI=1S/C23H31FN4O/c1-6-27-16(3)21(15(2)25-27)22(29)26-12-11-20-17(14-26)13-23(4,5)28(20)19-9-7-18(24)8-10-19/h7-10,17,20H,6,11-14H2,1-5H3/t17-,20+/m1/s1. The lowest BCUT2D eigenvalue weighted by Gasteiger charge is -2.42. The number of piperidine rings is 1. The molecular formula is C23H31FN4O. The molecule has 2 fully saturated rings. The van der Waals surface area contributed by atoms with Gasteiger partial charge in [-0.1, -0.05) is 0 Å². The molecule has 4 rings (SSSR count). The summed E-state index contributed by atoms with van der Waals surface area (Å²) in [5, 5.41) is 4.52. The lowest BCUT2D eigenvalue weighted by molar-refractivity contribution is 0.0666. The van der Waals surface area contributed by atoms with Crippen LogP contribution in [0.2, 0.25) is 0 Å². The van der Waals surface area contributed by atoms with Crippen molar-refractivity contribution in [3.63, 3.8) is 0 Å². The van der Waals surface area contributed by atoms with Crippen LogP contribution < -0.4 is 4.90 Å². The summed E-state index contributed by atoms with van der Waals surface area (Å²) in [5.74, 6) is 0.312. The summed E-state index contributed by atoms with van der Waals surface area (Å²) >= 11 is 0. The second-order valence-electron chi connectivity index (χ2n) is 9.09. The van der Waals surface area contributed by atoms with Crippen LogP contribution in [0.3, 0.4) is 0 Å². The molecule has 1 aromatic heterocycles. The SMILES string of the molecule is CCn1nc(C)c(C(=O)N2CC[C@H]3[C@@H](C2)CC(C)(C)N3c2ccc(F)cc2)c1C. The maximum Gasteiger partial charge on any atom is 0.257 e. The average molecular weight is 399 g/mol. The highest BCUT2D eigenvalue weighted by Crippen LogP contribution is 2.44. The topological polar surface area (TPSA) is 41.4 Å². The molecule has 29 heavy (non-hydrogen) atoms. The highest BCUT2D eigenvalue weighted by molar-refractivity contribution is 5.96. The van der Waals surface area contributed by atoms with Crippen molar-refractivity contribution < 1.29 is 9.18 Å². The number of hydrogen-bond donors (Lipinski definition) is 0. The van der Waals surface area contributed by atoms with E-state index < -0.39 is 0 Å². The number of benzene rings is 1. The first-order chi connectivity index (χ1) is 13.7. The number of anilines is 1. The predicted octanol–water partition coefficient (Wildman–Crippen LogP) is 4.18. The summed E-state index contributed by atoms with van der Waals surface area (Å²) < 4.78 is 15.3. The minimum absolute atomic E-state index is 0.0227. The number of likely N-dealkylation sites (tertiary alicyclic amines) is 1. The third kappa shape index (κ3) is 3.32. The first kappa shape index (κ1) is 19.9. The van der Waals surface area contributed by atoms with Crippen molar-refractivity contribution in [1.29, 1.82) is 0 Å². The Balaban J connectivity index is 1.56. The second kappa shape index (κ2) is 7.15. The Morgan fingerprint density at radius 3 is 2.55 bits per heavy atom. The quantitative estimate of drug-likeness (QED) is 0.779. The molecule has 3 heterocycles. The van der Waals surface area contributed by atoms with Crippen LogP contribution in [0.1, 0.15) is 55.4 Å². The molecule has 2 saturated heterocycles. The molecule has 0 N–H and O–H groups in total. The summed E-state index contributed by atoms with van der Waals surface area (Å²) in [6.45, 7) is 12.7. The summed E-state index contributed by atoms with van der Waals surface area (Å²) in [7, 11) is 0. The fourth-order valence-electron chi connectivity index (χ4n) is 5.55. The summed E-state index contributed by atoms with van der Waals surface area (Å²) in [4.78, 5) is 17.8. The van der Waals surface area contributed by atoms with E-state index in [9.17, 15) is 9.18 Å². The molecule has 5 nitrogen and oxygen atoms in total. The van der Waals surface area contributed by atoms with E-state index in [1.54, 1.807) is 0 Å². The maximum absolute atomic E-state index is 13.4. The van der Waals surface area contributed by atoms with E-state index >= 15 is 0 Å². The number of amides is 1. The van der Waals surface area contributed by atoms with E-state index in [0.29, 0.717) is 12.0 Å². The smallest absolute Gasteiger partial charge is 0.257 e. The van der Waals surface area contributed by atoms with Gasteiger partial charge in [-0.2, -0.15) is 5.10 Å². The number of carbonyl (C=O) groups is 1. The summed E-state index contributed by atoms with van der Waals surface area (Å²) in [5.41, 5.74) is 3.58. The molecule has 6 heteroatoms. The lowest BCUT2D eigenvalue weighted by Crippen LogP contribution is -2.50. The second-order valence-corrected chi connectivity index (χ2v) is 9.09. The number of halogens is 1. The third-order valence-corrected chi connectivity index (χ3v) is 6.73. The first-order valence-corrected chi connectivity index (χ1v) is 10.6. The molecule has 2 aliphatic rings. The third-order valence-electron chi connectivity index (χ3n) is 6.73. The molecule has 1 aromatic carbocycles. The minimum atomic E-state index is -0.207. The molecule has 0 saturated carbocycles. The predicted molar refractivity (Wildman–Crippen MR) is 113 cm³/mol. The molecule has 0 unspecified atom stereocenters. The van der Waals surface area contributed by atoms with E-state index in [1.807, 2.05) is 42.5 Å². The molecule has 0 spiro atoms. The fourth-order valence-corrected chi connectivity index (χ4v) is 5.55. The Kier molecular flexibility index (Phi) is 4.91. The van der Waals surface area contributed by atoms with Crippen LogP contribution in [-0.2, 0) is 6.54 Å². The zero-order chi connectivity index (χ0) is 20.9.